The van der Waals surface area contributed by atoms with Gasteiger partial charge in [0.25, 0.3) is 5.88 Å². The van der Waals surface area contributed by atoms with Crippen molar-refractivity contribution in [2.45, 2.75) is 26.2 Å². The lowest BCUT2D eigenvalue weighted by Crippen LogP contribution is -2.41. The van der Waals surface area contributed by atoms with Gasteiger partial charge in [-0.1, -0.05) is 35.0 Å². The minimum absolute atomic E-state index is 0.0277. The Morgan fingerprint density at radius 1 is 1.22 bits per heavy atom. The number of amides is 1. The second-order valence-electron chi connectivity index (χ2n) is 7.81. The Hall–Kier alpha value is -2.87. The SMILES string of the molecule is CCCOc1nc2ccccc2nc1N1CCC[C@@H](C(=O)Nc2ccc(Br)cc2OC)C1. The number of carbonyl (C=O) groups excluding carboxylic acids is 1. The largest absolute Gasteiger partial charge is 0.495 e. The molecule has 0 aliphatic carbocycles. The van der Waals surface area contributed by atoms with Crippen LogP contribution in [0.1, 0.15) is 26.2 Å². The zero-order valence-electron chi connectivity index (χ0n) is 18.3. The Kier molecular flexibility index (Phi) is 7.09. The lowest BCUT2D eigenvalue weighted by atomic mass is 9.97. The number of methoxy groups -OCH3 is 1. The number of benzene rings is 2. The second-order valence-corrected chi connectivity index (χ2v) is 8.72. The van der Waals surface area contributed by atoms with Crippen molar-refractivity contribution in [3.05, 3.63) is 46.9 Å². The molecule has 4 rings (SSSR count). The molecule has 0 unspecified atom stereocenters. The van der Waals surface area contributed by atoms with Crippen molar-refractivity contribution in [2.24, 2.45) is 5.92 Å². The van der Waals surface area contributed by atoms with E-state index in [9.17, 15) is 4.79 Å². The van der Waals surface area contributed by atoms with E-state index < -0.39 is 0 Å². The summed E-state index contributed by atoms with van der Waals surface area (Å²) in [6, 6.07) is 13.3. The Labute approximate surface area is 196 Å². The third-order valence-electron chi connectivity index (χ3n) is 5.48. The van der Waals surface area contributed by atoms with Gasteiger partial charge < -0.3 is 19.7 Å². The van der Waals surface area contributed by atoms with Gasteiger partial charge in [0.05, 0.1) is 36.4 Å². The van der Waals surface area contributed by atoms with Crippen LogP contribution in [0.15, 0.2) is 46.9 Å². The third-order valence-corrected chi connectivity index (χ3v) is 5.97. The number of carbonyl (C=O) groups is 1. The summed E-state index contributed by atoms with van der Waals surface area (Å²) < 4.78 is 12.2. The van der Waals surface area contributed by atoms with E-state index in [0.29, 0.717) is 36.3 Å². The van der Waals surface area contributed by atoms with Gasteiger partial charge in [-0.2, -0.15) is 0 Å². The zero-order chi connectivity index (χ0) is 22.5. The van der Waals surface area contributed by atoms with E-state index in [1.165, 1.54) is 0 Å². The normalized spacial score (nSPS) is 16.1. The number of para-hydroxylation sites is 2. The third kappa shape index (κ3) is 4.96. The standard InChI is InChI=1S/C24H27BrN4O3/c1-3-13-32-24-22(26-18-8-4-5-9-19(18)28-24)29-12-6-7-16(15-29)23(30)27-20-11-10-17(25)14-21(20)31-2/h4-5,8-11,14,16H,3,6-7,12-13,15H2,1-2H3,(H,27,30)/t16-/m1/s1. The van der Waals surface area contributed by atoms with Crippen LogP contribution < -0.4 is 19.7 Å². The van der Waals surface area contributed by atoms with E-state index in [0.717, 1.165) is 41.3 Å². The monoisotopic (exact) mass is 498 g/mol. The second kappa shape index (κ2) is 10.2. The molecule has 1 aromatic heterocycles. The van der Waals surface area contributed by atoms with Gasteiger partial charge in [-0.25, -0.2) is 9.97 Å². The van der Waals surface area contributed by atoms with E-state index in [4.69, 9.17) is 19.4 Å². The number of hydrogen-bond acceptors (Lipinski definition) is 6. The number of fused-ring (bicyclic) bond motifs is 1. The van der Waals surface area contributed by atoms with Crippen molar-refractivity contribution < 1.29 is 14.3 Å². The first-order valence-electron chi connectivity index (χ1n) is 10.9. The molecule has 0 saturated carbocycles. The summed E-state index contributed by atoms with van der Waals surface area (Å²) in [5.74, 6) is 1.65. The van der Waals surface area contributed by atoms with Crippen LogP contribution in [0.4, 0.5) is 11.5 Å². The van der Waals surface area contributed by atoms with Gasteiger partial charge in [0.2, 0.25) is 5.91 Å². The van der Waals surface area contributed by atoms with Crippen LogP contribution in [0.25, 0.3) is 11.0 Å². The Morgan fingerprint density at radius 2 is 2.00 bits per heavy atom. The molecule has 8 heteroatoms. The average molecular weight is 499 g/mol. The predicted molar refractivity (Wildman–Crippen MR) is 130 cm³/mol. The fourth-order valence-corrected chi connectivity index (χ4v) is 4.20. The van der Waals surface area contributed by atoms with Crippen molar-refractivity contribution in [2.75, 3.05) is 37.0 Å². The van der Waals surface area contributed by atoms with E-state index in [1.807, 2.05) is 42.5 Å². The first-order valence-corrected chi connectivity index (χ1v) is 11.7. The number of ether oxygens (including phenoxy) is 2. The molecule has 3 aromatic rings. The maximum atomic E-state index is 13.1. The van der Waals surface area contributed by atoms with Crippen molar-refractivity contribution in [3.8, 4) is 11.6 Å². The number of anilines is 2. The van der Waals surface area contributed by atoms with Gasteiger partial charge in [0.15, 0.2) is 5.82 Å². The number of hydrogen-bond donors (Lipinski definition) is 1. The summed E-state index contributed by atoms with van der Waals surface area (Å²) >= 11 is 3.43. The highest BCUT2D eigenvalue weighted by Gasteiger charge is 2.29. The quantitative estimate of drug-likeness (QED) is 0.491. The Morgan fingerprint density at radius 3 is 2.75 bits per heavy atom. The molecule has 2 heterocycles. The number of rotatable bonds is 7. The Bertz CT molecular complexity index is 1110. The van der Waals surface area contributed by atoms with Gasteiger partial charge >= 0.3 is 0 Å². The number of halogens is 1. The fraction of sp³-hybridized carbons (Fsp3) is 0.375. The van der Waals surface area contributed by atoms with Crippen LogP contribution >= 0.6 is 15.9 Å². The van der Waals surface area contributed by atoms with Gasteiger partial charge in [0, 0.05) is 17.6 Å². The molecule has 0 radical (unpaired) electrons. The summed E-state index contributed by atoms with van der Waals surface area (Å²) in [6.45, 7) is 3.99. The molecule has 1 fully saturated rings. The fourth-order valence-electron chi connectivity index (χ4n) is 3.86. The first-order chi connectivity index (χ1) is 15.6. The highest BCUT2D eigenvalue weighted by atomic mass is 79.9. The molecule has 1 N–H and O–H groups in total. The minimum Gasteiger partial charge on any atom is -0.495 e. The van der Waals surface area contributed by atoms with Crippen LogP contribution in [0.5, 0.6) is 11.6 Å². The number of nitrogens with zero attached hydrogens (tertiary/aromatic N) is 3. The van der Waals surface area contributed by atoms with Gasteiger partial charge in [-0.15, -0.1) is 0 Å². The van der Waals surface area contributed by atoms with E-state index in [2.05, 4.69) is 33.1 Å². The average Bonchev–Trinajstić information content (AvgIpc) is 2.83. The molecule has 0 spiro atoms. The topological polar surface area (TPSA) is 76.6 Å². The molecule has 1 atom stereocenters. The molecule has 1 saturated heterocycles. The van der Waals surface area contributed by atoms with E-state index in [1.54, 1.807) is 7.11 Å². The molecule has 32 heavy (non-hydrogen) atoms. The summed E-state index contributed by atoms with van der Waals surface area (Å²) in [5, 5.41) is 3.03. The van der Waals surface area contributed by atoms with Crippen LogP contribution in [0, 0.1) is 5.92 Å². The maximum Gasteiger partial charge on any atom is 0.258 e. The van der Waals surface area contributed by atoms with Gasteiger partial charge in [-0.05, 0) is 49.6 Å². The highest BCUT2D eigenvalue weighted by Crippen LogP contribution is 2.32. The summed E-state index contributed by atoms with van der Waals surface area (Å²) in [5.41, 5.74) is 2.28. The predicted octanol–water partition coefficient (Wildman–Crippen LogP) is 5.04. The highest BCUT2D eigenvalue weighted by molar-refractivity contribution is 9.10. The molecule has 2 aromatic carbocycles. The molecular weight excluding hydrogens is 472 g/mol. The van der Waals surface area contributed by atoms with E-state index in [-0.39, 0.29) is 11.8 Å². The lowest BCUT2D eigenvalue weighted by Gasteiger charge is -2.33. The molecule has 1 aliphatic rings. The summed E-state index contributed by atoms with van der Waals surface area (Å²) in [4.78, 5) is 24.8. The van der Waals surface area contributed by atoms with Crippen LogP contribution in [0.2, 0.25) is 0 Å². The Balaban J connectivity index is 1.56. The van der Waals surface area contributed by atoms with E-state index >= 15 is 0 Å². The molecular formula is C24H27BrN4O3. The van der Waals surface area contributed by atoms with Crippen LogP contribution in [0.3, 0.4) is 0 Å². The van der Waals surface area contributed by atoms with Crippen molar-refractivity contribution in [1.82, 2.24) is 9.97 Å². The molecule has 7 nitrogen and oxygen atoms in total. The van der Waals surface area contributed by atoms with Crippen molar-refractivity contribution in [3.63, 3.8) is 0 Å². The molecule has 1 amide bonds. The van der Waals surface area contributed by atoms with Gasteiger partial charge in [-0.3, -0.25) is 4.79 Å². The van der Waals surface area contributed by atoms with Crippen molar-refractivity contribution in [1.29, 1.82) is 0 Å². The summed E-state index contributed by atoms with van der Waals surface area (Å²) in [7, 11) is 1.59. The number of piperidine rings is 1. The molecule has 1 aliphatic heterocycles. The van der Waals surface area contributed by atoms with Crippen LogP contribution in [-0.4, -0.2) is 42.7 Å². The van der Waals surface area contributed by atoms with Crippen molar-refractivity contribution >= 4 is 44.4 Å². The minimum atomic E-state index is -0.176. The molecule has 0 bridgehead atoms. The maximum absolute atomic E-state index is 13.1. The van der Waals surface area contributed by atoms with Crippen LogP contribution in [-0.2, 0) is 4.79 Å². The summed E-state index contributed by atoms with van der Waals surface area (Å²) in [6.07, 6.45) is 2.58. The smallest absolute Gasteiger partial charge is 0.258 e. The number of aromatic nitrogens is 2. The zero-order valence-corrected chi connectivity index (χ0v) is 19.9. The first kappa shape index (κ1) is 22.3. The number of nitrogens with one attached hydrogen (secondary N) is 1. The molecule has 168 valence electrons. The lowest BCUT2D eigenvalue weighted by molar-refractivity contribution is -0.120. The van der Waals surface area contributed by atoms with Gasteiger partial charge in [0.1, 0.15) is 5.75 Å².